The molecule has 0 aliphatic heterocycles. The summed E-state index contributed by atoms with van der Waals surface area (Å²) in [7, 11) is 0. The van der Waals surface area contributed by atoms with Gasteiger partial charge in [-0.3, -0.25) is 4.79 Å². The van der Waals surface area contributed by atoms with Crippen LogP contribution in [0.15, 0.2) is 30.5 Å². The molecule has 0 amide bonds. The van der Waals surface area contributed by atoms with E-state index < -0.39 is 0 Å². The molecule has 0 rings (SSSR count). The molecule has 42 valence electrons. The average Bonchev–Trinajstić information content (AvgIpc) is 1.68. The van der Waals surface area contributed by atoms with E-state index >= 15 is 0 Å². The van der Waals surface area contributed by atoms with E-state index in [1.54, 1.807) is 13.0 Å². The lowest BCUT2D eigenvalue weighted by Gasteiger charge is -1.72. The predicted molar refractivity (Wildman–Crippen MR) is 33.5 cm³/mol. The highest BCUT2D eigenvalue weighted by molar-refractivity contribution is 5.98. The van der Waals surface area contributed by atoms with Crippen LogP contribution in [0.25, 0.3) is 0 Å². The maximum absolute atomic E-state index is 10.4. The van der Waals surface area contributed by atoms with Gasteiger partial charge < -0.3 is 0 Å². The second kappa shape index (κ2) is 4.10. The summed E-state index contributed by atoms with van der Waals surface area (Å²) in [6, 6.07) is 0. The molecule has 1 nitrogen and oxygen atoms in total. The lowest BCUT2D eigenvalue weighted by atomic mass is 10.3. The molecule has 0 bridgehead atoms. The van der Waals surface area contributed by atoms with Gasteiger partial charge in [-0.05, 0) is 13.0 Å². The molecule has 0 aromatic rings. The standard InChI is InChI=1S/C7H8O/c1-3-5-7(8)6-4-2/h4-6H,1H2,2H3/b6-4-. The van der Waals surface area contributed by atoms with Crippen LogP contribution in [0.1, 0.15) is 6.92 Å². The van der Waals surface area contributed by atoms with Gasteiger partial charge in [0.15, 0.2) is 5.78 Å². The second-order valence-electron chi connectivity index (χ2n) is 1.25. The Balaban J connectivity index is 3.84. The minimum Gasteiger partial charge on any atom is -0.289 e. The van der Waals surface area contributed by atoms with Gasteiger partial charge in [0.2, 0.25) is 0 Å². The van der Waals surface area contributed by atoms with Crippen molar-refractivity contribution in [2.24, 2.45) is 0 Å². The Morgan fingerprint density at radius 2 is 2.38 bits per heavy atom. The zero-order chi connectivity index (χ0) is 6.41. The van der Waals surface area contributed by atoms with Gasteiger partial charge >= 0.3 is 0 Å². The topological polar surface area (TPSA) is 17.1 Å². The summed E-state index contributed by atoms with van der Waals surface area (Å²) in [4.78, 5) is 10.4. The molecule has 0 aromatic carbocycles. The van der Waals surface area contributed by atoms with Crippen molar-refractivity contribution in [3.05, 3.63) is 30.5 Å². The van der Waals surface area contributed by atoms with Crippen LogP contribution in [-0.4, -0.2) is 5.78 Å². The van der Waals surface area contributed by atoms with Gasteiger partial charge in [-0.1, -0.05) is 12.7 Å². The third-order valence-corrected chi connectivity index (χ3v) is 0.575. The molecule has 0 aliphatic rings. The van der Waals surface area contributed by atoms with Gasteiger partial charge in [0, 0.05) is 6.08 Å². The van der Waals surface area contributed by atoms with Gasteiger partial charge in [-0.25, -0.2) is 0 Å². The van der Waals surface area contributed by atoms with Crippen molar-refractivity contribution in [1.82, 2.24) is 0 Å². The predicted octanol–water partition coefficient (Wildman–Crippen LogP) is 1.47. The van der Waals surface area contributed by atoms with Crippen LogP contribution in [0.2, 0.25) is 0 Å². The first-order valence-corrected chi connectivity index (χ1v) is 2.33. The molecule has 0 aromatic heterocycles. The number of carbonyl (C=O) groups excluding carboxylic acids is 1. The molecular formula is C7H8O. The van der Waals surface area contributed by atoms with Crippen molar-refractivity contribution < 1.29 is 4.79 Å². The summed E-state index contributed by atoms with van der Waals surface area (Å²) in [5, 5.41) is 0. The highest BCUT2D eigenvalue weighted by Crippen LogP contribution is 1.75. The first kappa shape index (κ1) is 6.93. The largest absolute Gasteiger partial charge is 0.289 e. The van der Waals surface area contributed by atoms with E-state index in [9.17, 15) is 4.79 Å². The van der Waals surface area contributed by atoms with Gasteiger partial charge in [0.25, 0.3) is 0 Å². The van der Waals surface area contributed by atoms with Crippen LogP contribution >= 0.6 is 0 Å². The number of hydrogen-bond donors (Lipinski definition) is 0. The molecule has 0 saturated carbocycles. The Kier molecular flexibility index (Phi) is 3.55. The van der Waals surface area contributed by atoms with Crippen molar-refractivity contribution in [2.75, 3.05) is 0 Å². The Morgan fingerprint density at radius 1 is 1.75 bits per heavy atom. The van der Waals surface area contributed by atoms with E-state index in [1.807, 2.05) is 0 Å². The fraction of sp³-hybridized carbons (Fsp3) is 0.143. The first-order valence-electron chi connectivity index (χ1n) is 2.33. The highest BCUT2D eigenvalue weighted by Gasteiger charge is 1.80. The number of hydrogen-bond acceptors (Lipinski definition) is 1. The van der Waals surface area contributed by atoms with Crippen LogP contribution in [0, 0.1) is 0 Å². The normalized spacial score (nSPS) is 8.62. The summed E-state index contributed by atoms with van der Waals surface area (Å²) < 4.78 is 0. The van der Waals surface area contributed by atoms with Crippen LogP contribution < -0.4 is 0 Å². The van der Waals surface area contributed by atoms with Crippen molar-refractivity contribution in [1.29, 1.82) is 0 Å². The summed E-state index contributed by atoms with van der Waals surface area (Å²) in [5.41, 5.74) is 2.38. The maximum atomic E-state index is 10.4. The molecule has 1 heteroatoms. The molecule has 0 unspecified atom stereocenters. The molecule has 0 fully saturated rings. The van der Waals surface area contributed by atoms with Crippen molar-refractivity contribution in [3.63, 3.8) is 0 Å². The van der Waals surface area contributed by atoms with E-state index in [0.29, 0.717) is 0 Å². The molecule has 0 heterocycles. The first-order chi connectivity index (χ1) is 3.81. The summed E-state index contributed by atoms with van der Waals surface area (Å²) in [6.07, 6.45) is 4.42. The molecule has 8 heavy (non-hydrogen) atoms. The number of allylic oxidation sites excluding steroid dienone is 3. The van der Waals surface area contributed by atoms with Crippen LogP contribution in [0.4, 0.5) is 0 Å². The number of rotatable bonds is 2. The number of ketones is 1. The Morgan fingerprint density at radius 3 is 2.75 bits per heavy atom. The molecule has 0 aliphatic carbocycles. The van der Waals surface area contributed by atoms with Crippen molar-refractivity contribution in [2.45, 2.75) is 6.92 Å². The molecule has 0 atom stereocenters. The van der Waals surface area contributed by atoms with Gasteiger partial charge in [-0.2, -0.15) is 0 Å². The zero-order valence-electron chi connectivity index (χ0n) is 4.85. The maximum Gasteiger partial charge on any atom is 0.185 e. The lowest BCUT2D eigenvalue weighted by Crippen LogP contribution is -1.80. The number of carbonyl (C=O) groups is 1. The summed E-state index contributed by atoms with van der Waals surface area (Å²) >= 11 is 0. The molecule has 0 N–H and O–H groups in total. The SMILES string of the molecule is C=C=CC(=O)/C=C\C. The van der Waals surface area contributed by atoms with E-state index in [4.69, 9.17) is 0 Å². The zero-order valence-corrected chi connectivity index (χ0v) is 4.85. The highest BCUT2D eigenvalue weighted by atomic mass is 16.1. The lowest BCUT2D eigenvalue weighted by molar-refractivity contribution is -0.110. The molecule has 0 radical (unpaired) electrons. The summed E-state index contributed by atoms with van der Waals surface area (Å²) in [6.45, 7) is 5.03. The van der Waals surface area contributed by atoms with Crippen molar-refractivity contribution >= 4 is 5.78 Å². The molecule has 0 spiro atoms. The molecular weight excluding hydrogens is 100 g/mol. The fourth-order valence-electron chi connectivity index (χ4n) is 0.313. The van der Waals surface area contributed by atoms with Gasteiger partial charge in [0.05, 0.1) is 0 Å². The summed E-state index contributed by atoms with van der Waals surface area (Å²) in [5.74, 6) is -0.0671. The van der Waals surface area contributed by atoms with Crippen LogP contribution in [-0.2, 0) is 4.79 Å². The second-order valence-corrected chi connectivity index (χ2v) is 1.25. The Bertz CT molecular complexity index is 148. The molecule has 0 saturated heterocycles. The van der Waals surface area contributed by atoms with Gasteiger partial charge in [0.1, 0.15) is 0 Å². The Hall–Kier alpha value is -1.07. The minimum atomic E-state index is -0.0671. The van der Waals surface area contributed by atoms with Crippen molar-refractivity contribution in [3.8, 4) is 0 Å². The monoisotopic (exact) mass is 108 g/mol. The Labute approximate surface area is 49.0 Å². The van der Waals surface area contributed by atoms with E-state index in [-0.39, 0.29) is 5.78 Å². The third-order valence-electron chi connectivity index (χ3n) is 0.575. The smallest absolute Gasteiger partial charge is 0.185 e. The van der Waals surface area contributed by atoms with Gasteiger partial charge in [-0.15, -0.1) is 5.73 Å². The van der Waals surface area contributed by atoms with Crippen LogP contribution in [0.3, 0.4) is 0 Å². The fourth-order valence-corrected chi connectivity index (χ4v) is 0.313. The van der Waals surface area contributed by atoms with Crippen LogP contribution in [0.5, 0.6) is 0 Å². The van der Waals surface area contributed by atoms with E-state index in [1.165, 1.54) is 12.2 Å². The average molecular weight is 108 g/mol. The minimum absolute atomic E-state index is 0.0671. The quantitative estimate of drug-likeness (QED) is 0.386. The van der Waals surface area contributed by atoms with E-state index in [0.717, 1.165) is 0 Å². The third kappa shape index (κ3) is 3.13. The van der Waals surface area contributed by atoms with E-state index in [2.05, 4.69) is 12.3 Å².